The first-order valence-electron chi connectivity index (χ1n) is 7.40. The average Bonchev–Trinajstić information content (AvgIpc) is 2.93. The largest absolute Gasteiger partial charge is 0.457 e. The average molecular weight is 425 g/mol. The molecule has 1 N–H and O–H groups in total. The molecule has 0 fully saturated rings. The number of hydrogen-bond acceptors (Lipinski definition) is 4. The van der Waals surface area contributed by atoms with Crippen molar-refractivity contribution in [3.8, 4) is 0 Å². The summed E-state index contributed by atoms with van der Waals surface area (Å²) in [4.78, 5) is 10.3. The minimum atomic E-state index is -5.19. The number of sulfonamides is 1. The molecule has 0 amide bonds. The lowest BCUT2D eigenvalue weighted by atomic mass is 10.1. The fourth-order valence-electron chi connectivity index (χ4n) is 2.47. The molecule has 0 radical (unpaired) electrons. The van der Waals surface area contributed by atoms with E-state index in [0.29, 0.717) is 5.56 Å². The maximum atomic E-state index is 12.9. The van der Waals surface area contributed by atoms with Gasteiger partial charge in [-0.05, 0) is 30.3 Å². The lowest BCUT2D eigenvalue weighted by Gasteiger charge is -2.15. The van der Waals surface area contributed by atoms with Crippen molar-refractivity contribution in [2.75, 3.05) is 4.72 Å². The van der Waals surface area contributed by atoms with E-state index >= 15 is 0 Å². The minimum absolute atomic E-state index is 0.0240. The van der Waals surface area contributed by atoms with E-state index in [1.54, 1.807) is 0 Å². The summed E-state index contributed by atoms with van der Waals surface area (Å²) in [5, 5.41) is 0. The van der Waals surface area contributed by atoms with Crippen molar-refractivity contribution in [2.45, 2.75) is 23.9 Å². The van der Waals surface area contributed by atoms with Gasteiger partial charge in [0.2, 0.25) is 0 Å². The standard InChI is InChI=1S/C16H9F6NO4S/c17-15(18,19)9-3-10(16(20,21)22)5-12(4-9)28(25,26)23-11-2-1-8-7-27-14(24)13(8)6-11/h1-6,23H,7H2. The highest BCUT2D eigenvalue weighted by molar-refractivity contribution is 7.92. The Labute approximate surface area is 154 Å². The number of benzene rings is 2. The molecule has 0 unspecified atom stereocenters. The number of ether oxygens (including phenoxy) is 1. The van der Waals surface area contributed by atoms with Crippen LogP contribution in [0.5, 0.6) is 0 Å². The summed E-state index contributed by atoms with van der Waals surface area (Å²) in [5.41, 5.74) is -3.24. The number of rotatable bonds is 3. The molecule has 28 heavy (non-hydrogen) atoms. The molecular weight excluding hydrogens is 416 g/mol. The van der Waals surface area contributed by atoms with Crippen LogP contribution in [0.3, 0.4) is 0 Å². The number of fused-ring (bicyclic) bond motifs is 1. The number of carbonyl (C=O) groups is 1. The van der Waals surface area contributed by atoms with Gasteiger partial charge in [-0.25, -0.2) is 13.2 Å². The molecule has 0 saturated heterocycles. The van der Waals surface area contributed by atoms with E-state index in [-0.39, 0.29) is 36.1 Å². The molecule has 0 spiro atoms. The van der Waals surface area contributed by atoms with E-state index in [2.05, 4.69) is 0 Å². The van der Waals surface area contributed by atoms with Crippen molar-refractivity contribution >= 4 is 21.7 Å². The number of cyclic esters (lactones) is 1. The van der Waals surface area contributed by atoms with Gasteiger partial charge in [0, 0.05) is 11.3 Å². The molecule has 5 nitrogen and oxygen atoms in total. The molecule has 0 bridgehead atoms. The smallest absolute Gasteiger partial charge is 0.416 e. The Balaban J connectivity index is 2.04. The Bertz CT molecular complexity index is 1030. The van der Waals surface area contributed by atoms with Gasteiger partial charge in [0.15, 0.2) is 0 Å². The van der Waals surface area contributed by atoms with Crippen molar-refractivity contribution in [3.63, 3.8) is 0 Å². The highest BCUT2D eigenvalue weighted by Crippen LogP contribution is 2.37. The van der Waals surface area contributed by atoms with Crippen LogP contribution >= 0.6 is 0 Å². The van der Waals surface area contributed by atoms with E-state index in [0.717, 1.165) is 6.07 Å². The molecular formula is C16H9F6NO4S. The number of nitrogens with one attached hydrogen (secondary N) is 1. The van der Waals surface area contributed by atoms with E-state index in [1.165, 1.54) is 12.1 Å². The number of anilines is 1. The third-order valence-corrected chi connectivity index (χ3v) is 5.17. The summed E-state index contributed by atoms with van der Waals surface area (Å²) in [6.45, 7) is -0.0240. The molecule has 0 atom stereocenters. The molecule has 1 aliphatic rings. The maximum absolute atomic E-state index is 12.9. The molecule has 1 aliphatic heterocycles. The van der Waals surface area contributed by atoms with Crippen molar-refractivity contribution in [3.05, 3.63) is 58.7 Å². The van der Waals surface area contributed by atoms with Crippen molar-refractivity contribution < 1.29 is 44.3 Å². The van der Waals surface area contributed by atoms with Crippen molar-refractivity contribution in [1.82, 2.24) is 0 Å². The summed E-state index contributed by atoms with van der Waals surface area (Å²) < 4.78 is 109. The predicted molar refractivity (Wildman–Crippen MR) is 82.8 cm³/mol. The Morgan fingerprint density at radius 1 is 0.893 bits per heavy atom. The van der Waals surface area contributed by atoms with Crippen LogP contribution in [-0.2, 0) is 33.7 Å². The van der Waals surface area contributed by atoms with E-state index in [4.69, 9.17) is 4.74 Å². The maximum Gasteiger partial charge on any atom is 0.416 e. The lowest BCUT2D eigenvalue weighted by molar-refractivity contribution is -0.143. The van der Waals surface area contributed by atoms with Crippen molar-refractivity contribution in [1.29, 1.82) is 0 Å². The van der Waals surface area contributed by atoms with Crippen LogP contribution in [0.1, 0.15) is 27.0 Å². The lowest BCUT2D eigenvalue weighted by Crippen LogP contribution is -2.17. The Hall–Kier alpha value is -2.76. The zero-order valence-electron chi connectivity index (χ0n) is 13.5. The van der Waals surface area contributed by atoms with Crippen LogP contribution in [0, 0.1) is 0 Å². The molecule has 12 heteroatoms. The fraction of sp³-hybridized carbons (Fsp3) is 0.188. The summed E-state index contributed by atoms with van der Waals surface area (Å²) in [6, 6.07) is 3.66. The second kappa shape index (κ2) is 6.40. The van der Waals surface area contributed by atoms with Gasteiger partial charge in [-0.2, -0.15) is 26.3 Å². The molecule has 0 aliphatic carbocycles. The Morgan fingerprint density at radius 3 is 2.00 bits per heavy atom. The van der Waals surface area contributed by atoms with Crippen LogP contribution in [0.15, 0.2) is 41.3 Å². The first-order valence-corrected chi connectivity index (χ1v) is 8.88. The highest BCUT2D eigenvalue weighted by atomic mass is 32.2. The van der Waals surface area contributed by atoms with Crippen LogP contribution in [0.2, 0.25) is 0 Å². The van der Waals surface area contributed by atoms with Gasteiger partial charge < -0.3 is 4.74 Å². The number of esters is 1. The number of hydrogen-bond donors (Lipinski definition) is 1. The SMILES string of the molecule is O=C1OCc2ccc(NS(=O)(=O)c3cc(C(F)(F)F)cc(C(F)(F)F)c3)cc21. The number of halogens is 6. The second-order valence-corrected chi connectivity index (χ2v) is 7.48. The van der Waals surface area contributed by atoms with Crippen molar-refractivity contribution in [2.24, 2.45) is 0 Å². The van der Waals surface area contributed by atoms with Gasteiger partial charge in [0.25, 0.3) is 10.0 Å². The summed E-state index contributed by atoms with van der Waals surface area (Å²) in [7, 11) is -4.82. The molecule has 3 rings (SSSR count). The summed E-state index contributed by atoms with van der Waals surface area (Å²) in [6.07, 6.45) is -10.4. The van der Waals surface area contributed by atoms with E-state index in [1.807, 2.05) is 4.72 Å². The quantitative estimate of drug-likeness (QED) is 0.591. The van der Waals surface area contributed by atoms with Gasteiger partial charge in [0.05, 0.1) is 21.6 Å². The molecule has 0 saturated carbocycles. The molecule has 2 aromatic rings. The first kappa shape index (κ1) is 20.0. The molecule has 2 aromatic carbocycles. The van der Waals surface area contributed by atoms with Crippen LogP contribution < -0.4 is 4.72 Å². The number of carbonyl (C=O) groups excluding carboxylic acids is 1. The Kier molecular flexibility index (Phi) is 4.57. The summed E-state index contributed by atoms with van der Waals surface area (Å²) >= 11 is 0. The topological polar surface area (TPSA) is 72.5 Å². The predicted octanol–water partition coefficient (Wildman–Crippen LogP) is 4.20. The molecule has 150 valence electrons. The van der Waals surface area contributed by atoms with E-state index < -0.39 is 44.4 Å². The first-order chi connectivity index (χ1) is 12.8. The zero-order chi connectivity index (χ0) is 20.9. The van der Waals surface area contributed by atoms with Gasteiger partial charge in [-0.1, -0.05) is 6.07 Å². The Morgan fingerprint density at radius 2 is 1.46 bits per heavy atom. The van der Waals surface area contributed by atoms with Gasteiger partial charge in [-0.3, -0.25) is 4.72 Å². The molecule has 1 heterocycles. The second-order valence-electron chi connectivity index (χ2n) is 5.80. The monoisotopic (exact) mass is 425 g/mol. The van der Waals surface area contributed by atoms with Crippen LogP contribution in [0.4, 0.5) is 32.0 Å². The molecule has 0 aromatic heterocycles. The van der Waals surface area contributed by atoms with Gasteiger partial charge >= 0.3 is 18.3 Å². The fourth-order valence-corrected chi connectivity index (χ4v) is 3.59. The minimum Gasteiger partial charge on any atom is -0.457 e. The normalized spacial score (nSPS) is 14.6. The van der Waals surface area contributed by atoms with Gasteiger partial charge in [0.1, 0.15) is 6.61 Å². The third-order valence-electron chi connectivity index (χ3n) is 3.81. The highest BCUT2D eigenvalue weighted by Gasteiger charge is 2.38. The van der Waals surface area contributed by atoms with E-state index in [9.17, 15) is 39.6 Å². The third kappa shape index (κ3) is 3.91. The number of alkyl halides is 6. The van der Waals surface area contributed by atoms with Gasteiger partial charge in [-0.15, -0.1) is 0 Å². The van der Waals surface area contributed by atoms with Crippen LogP contribution in [0.25, 0.3) is 0 Å². The zero-order valence-corrected chi connectivity index (χ0v) is 14.3. The summed E-state index contributed by atoms with van der Waals surface area (Å²) in [5.74, 6) is -0.727. The van der Waals surface area contributed by atoms with Crippen LogP contribution in [-0.4, -0.2) is 14.4 Å².